The van der Waals surface area contributed by atoms with Gasteiger partial charge < -0.3 is 4.90 Å². The van der Waals surface area contributed by atoms with E-state index in [1.165, 1.54) is 4.88 Å². The van der Waals surface area contributed by atoms with Crippen molar-refractivity contribution in [1.82, 2.24) is 9.80 Å². The summed E-state index contributed by atoms with van der Waals surface area (Å²) in [4.78, 5) is 17.9. The lowest BCUT2D eigenvalue weighted by atomic mass is 10.0. The third kappa shape index (κ3) is 2.00. The molecule has 17 heavy (non-hydrogen) atoms. The van der Waals surface area contributed by atoms with Crippen LogP contribution in [-0.4, -0.2) is 41.9 Å². The highest BCUT2D eigenvalue weighted by Crippen LogP contribution is 2.33. The van der Waals surface area contributed by atoms with Crippen LogP contribution < -0.4 is 0 Å². The lowest BCUT2D eigenvalue weighted by molar-refractivity contribution is -0.130. The van der Waals surface area contributed by atoms with Crippen molar-refractivity contribution in [2.45, 2.75) is 13.5 Å². The Labute approximate surface area is 106 Å². The first-order valence-corrected chi connectivity index (χ1v) is 7.19. The molecule has 1 amide bonds. The van der Waals surface area contributed by atoms with Crippen LogP contribution in [0.5, 0.6) is 0 Å². The summed E-state index contributed by atoms with van der Waals surface area (Å²) in [7, 11) is 0. The molecule has 0 bridgehead atoms. The molecular formula is C13H18N2OS. The maximum atomic E-state index is 12.1. The molecule has 4 heteroatoms. The zero-order chi connectivity index (χ0) is 11.8. The van der Waals surface area contributed by atoms with E-state index in [4.69, 9.17) is 0 Å². The van der Waals surface area contributed by atoms with Crippen molar-refractivity contribution >= 4 is 17.2 Å². The van der Waals surface area contributed by atoms with Gasteiger partial charge in [0.25, 0.3) is 0 Å². The lowest BCUT2D eigenvalue weighted by Gasteiger charge is -2.19. The maximum Gasteiger partial charge on any atom is 0.227 e. The van der Waals surface area contributed by atoms with Gasteiger partial charge in [0, 0.05) is 43.5 Å². The first-order valence-electron chi connectivity index (χ1n) is 6.31. The van der Waals surface area contributed by atoms with Gasteiger partial charge in [0.1, 0.15) is 0 Å². The molecule has 0 unspecified atom stereocenters. The fourth-order valence-electron chi connectivity index (χ4n) is 3.07. The molecule has 2 aliphatic heterocycles. The van der Waals surface area contributed by atoms with E-state index in [1.54, 1.807) is 11.3 Å². The second-order valence-corrected chi connectivity index (χ2v) is 6.05. The van der Waals surface area contributed by atoms with Crippen LogP contribution in [0.4, 0.5) is 0 Å². The minimum atomic E-state index is 0.273. The second kappa shape index (κ2) is 4.42. The number of thiophene rings is 1. The molecule has 3 heterocycles. The Hall–Kier alpha value is -0.870. The van der Waals surface area contributed by atoms with Gasteiger partial charge in [-0.05, 0) is 18.4 Å². The normalized spacial score (nSPS) is 29.0. The van der Waals surface area contributed by atoms with Gasteiger partial charge in [-0.25, -0.2) is 0 Å². The van der Waals surface area contributed by atoms with Gasteiger partial charge in [-0.15, -0.1) is 11.3 Å². The van der Waals surface area contributed by atoms with E-state index in [1.807, 2.05) is 4.90 Å². The molecule has 1 aromatic heterocycles. The molecular weight excluding hydrogens is 232 g/mol. The summed E-state index contributed by atoms with van der Waals surface area (Å²) < 4.78 is 0. The largest absolute Gasteiger partial charge is 0.342 e. The monoisotopic (exact) mass is 250 g/mol. The molecule has 2 aliphatic rings. The number of hydrogen-bond donors (Lipinski definition) is 0. The first-order chi connectivity index (χ1) is 8.28. The topological polar surface area (TPSA) is 23.6 Å². The van der Waals surface area contributed by atoms with Crippen LogP contribution >= 0.6 is 11.3 Å². The van der Waals surface area contributed by atoms with Crippen molar-refractivity contribution in [1.29, 1.82) is 0 Å². The summed E-state index contributed by atoms with van der Waals surface area (Å²) in [5.74, 6) is 1.23. The second-order valence-electron chi connectivity index (χ2n) is 5.02. The number of hydrogen-bond acceptors (Lipinski definition) is 3. The van der Waals surface area contributed by atoms with E-state index in [0.717, 1.165) is 32.7 Å². The molecule has 0 aromatic carbocycles. The van der Waals surface area contributed by atoms with Gasteiger partial charge in [-0.1, -0.05) is 6.07 Å². The van der Waals surface area contributed by atoms with Gasteiger partial charge in [-0.2, -0.15) is 0 Å². The Kier molecular flexibility index (Phi) is 2.92. The average molecular weight is 250 g/mol. The number of carbonyl (C=O) groups is 1. The lowest BCUT2D eigenvalue weighted by Crippen LogP contribution is -2.32. The standard InChI is InChI=1S/C13H18N2OS/c1-2-15-7-10-6-14(9-12(10)13(15)16)8-11-4-3-5-17-11/h3-5,10,12H,2,6-9H2,1H3/t10-,12-/m0/s1. The minimum Gasteiger partial charge on any atom is -0.342 e. The van der Waals surface area contributed by atoms with Gasteiger partial charge in [0.15, 0.2) is 0 Å². The summed E-state index contributed by atoms with van der Waals surface area (Å²) in [5.41, 5.74) is 0. The molecule has 92 valence electrons. The predicted molar refractivity (Wildman–Crippen MR) is 68.8 cm³/mol. The Balaban J connectivity index is 1.63. The van der Waals surface area contributed by atoms with Crippen LogP contribution in [0.1, 0.15) is 11.8 Å². The number of fused-ring (bicyclic) bond motifs is 1. The average Bonchev–Trinajstić information content (AvgIpc) is 2.99. The Bertz CT molecular complexity index is 404. The van der Waals surface area contributed by atoms with E-state index >= 15 is 0 Å². The third-order valence-corrected chi connectivity index (χ3v) is 4.80. The van der Waals surface area contributed by atoms with Crippen molar-refractivity contribution in [3.8, 4) is 0 Å². The summed E-state index contributed by atoms with van der Waals surface area (Å²) in [6, 6.07) is 4.28. The highest BCUT2D eigenvalue weighted by molar-refractivity contribution is 7.09. The third-order valence-electron chi connectivity index (χ3n) is 3.94. The highest BCUT2D eigenvalue weighted by Gasteiger charge is 2.45. The van der Waals surface area contributed by atoms with Crippen LogP contribution in [0.2, 0.25) is 0 Å². The minimum absolute atomic E-state index is 0.273. The van der Waals surface area contributed by atoms with Crippen LogP contribution in [-0.2, 0) is 11.3 Å². The zero-order valence-corrected chi connectivity index (χ0v) is 10.9. The van der Waals surface area contributed by atoms with Gasteiger partial charge in [-0.3, -0.25) is 9.69 Å². The van der Waals surface area contributed by atoms with E-state index in [9.17, 15) is 4.79 Å². The predicted octanol–water partition coefficient (Wildman–Crippen LogP) is 1.66. The summed E-state index contributed by atoms with van der Waals surface area (Å²) in [6.07, 6.45) is 0. The molecule has 2 fully saturated rings. The molecule has 0 N–H and O–H groups in total. The van der Waals surface area contributed by atoms with Crippen LogP contribution in [0.15, 0.2) is 17.5 Å². The van der Waals surface area contributed by atoms with E-state index in [-0.39, 0.29) is 5.92 Å². The first kappa shape index (κ1) is 11.2. The molecule has 0 radical (unpaired) electrons. The van der Waals surface area contributed by atoms with E-state index in [0.29, 0.717) is 11.8 Å². The molecule has 3 nitrogen and oxygen atoms in total. The molecule has 1 aromatic rings. The molecule has 2 saturated heterocycles. The van der Waals surface area contributed by atoms with Crippen molar-refractivity contribution in [2.24, 2.45) is 11.8 Å². The van der Waals surface area contributed by atoms with Crippen LogP contribution in [0.25, 0.3) is 0 Å². The summed E-state index contributed by atoms with van der Waals surface area (Å²) in [6.45, 7) is 6.98. The van der Waals surface area contributed by atoms with Crippen LogP contribution in [0.3, 0.4) is 0 Å². The van der Waals surface area contributed by atoms with Crippen LogP contribution in [0, 0.1) is 11.8 Å². The molecule has 0 aliphatic carbocycles. The zero-order valence-electron chi connectivity index (χ0n) is 10.1. The fourth-order valence-corrected chi connectivity index (χ4v) is 3.82. The van der Waals surface area contributed by atoms with Crippen molar-refractivity contribution in [3.05, 3.63) is 22.4 Å². The highest BCUT2D eigenvalue weighted by atomic mass is 32.1. The molecule has 0 spiro atoms. The summed E-state index contributed by atoms with van der Waals surface area (Å²) >= 11 is 1.81. The van der Waals surface area contributed by atoms with Crippen molar-refractivity contribution in [3.63, 3.8) is 0 Å². The number of likely N-dealkylation sites (tertiary alicyclic amines) is 2. The fraction of sp³-hybridized carbons (Fsp3) is 0.615. The van der Waals surface area contributed by atoms with E-state index < -0.39 is 0 Å². The molecule has 3 rings (SSSR count). The number of rotatable bonds is 3. The maximum absolute atomic E-state index is 12.1. The summed E-state index contributed by atoms with van der Waals surface area (Å²) in [5, 5.41) is 2.12. The SMILES string of the molecule is CCN1C[C@@H]2CN(Cc3cccs3)C[C@@H]2C1=O. The molecule has 0 saturated carbocycles. The molecule has 2 atom stereocenters. The van der Waals surface area contributed by atoms with Crippen molar-refractivity contribution in [2.75, 3.05) is 26.2 Å². The number of carbonyl (C=O) groups excluding carboxylic acids is 1. The number of nitrogens with zero attached hydrogens (tertiary/aromatic N) is 2. The van der Waals surface area contributed by atoms with Gasteiger partial charge >= 0.3 is 0 Å². The quantitative estimate of drug-likeness (QED) is 0.814. The van der Waals surface area contributed by atoms with Gasteiger partial charge in [0.05, 0.1) is 5.92 Å². The van der Waals surface area contributed by atoms with E-state index in [2.05, 4.69) is 29.3 Å². The number of amides is 1. The smallest absolute Gasteiger partial charge is 0.227 e. The van der Waals surface area contributed by atoms with Gasteiger partial charge in [0.2, 0.25) is 5.91 Å². The Morgan fingerprint density at radius 2 is 2.29 bits per heavy atom. The Morgan fingerprint density at radius 3 is 2.94 bits per heavy atom. The van der Waals surface area contributed by atoms with Crippen molar-refractivity contribution < 1.29 is 4.79 Å². The Morgan fingerprint density at radius 1 is 1.41 bits per heavy atom.